The fourth-order valence-electron chi connectivity index (χ4n) is 2.15. The van der Waals surface area contributed by atoms with Crippen LogP contribution in [0.1, 0.15) is 16.8 Å². The molecule has 0 saturated heterocycles. The van der Waals surface area contributed by atoms with Gasteiger partial charge < -0.3 is 20.1 Å². The van der Waals surface area contributed by atoms with Crippen molar-refractivity contribution in [1.29, 1.82) is 0 Å². The molecule has 0 unspecified atom stereocenters. The topological polar surface area (TPSA) is 91.6 Å². The van der Waals surface area contributed by atoms with Crippen molar-refractivity contribution in [3.05, 3.63) is 36.0 Å². The highest BCUT2D eigenvalue weighted by molar-refractivity contribution is 6.07. The van der Waals surface area contributed by atoms with Crippen LogP contribution in [0.2, 0.25) is 0 Å². The Bertz CT molecular complexity index is 648. The summed E-state index contributed by atoms with van der Waals surface area (Å²) in [5.41, 5.74) is 1.32. The van der Waals surface area contributed by atoms with Gasteiger partial charge in [-0.05, 0) is 6.07 Å². The molecule has 0 aliphatic heterocycles. The van der Waals surface area contributed by atoms with Crippen molar-refractivity contribution in [3.63, 3.8) is 0 Å². The van der Waals surface area contributed by atoms with Crippen molar-refractivity contribution >= 4 is 22.8 Å². The molecule has 1 aromatic heterocycles. The summed E-state index contributed by atoms with van der Waals surface area (Å²) >= 11 is 0. The predicted molar refractivity (Wildman–Crippen MR) is 73.5 cm³/mol. The number of rotatable bonds is 5. The van der Waals surface area contributed by atoms with Gasteiger partial charge in [0.25, 0.3) is 5.91 Å². The molecule has 3 N–H and O–H groups in total. The number of aliphatic hydroxyl groups excluding tert-OH is 1. The van der Waals surface area contributed by atoms with Gasteiger partial charge in [0.1, 0.15) is 6.04 Å². The molecule has 1 aromatic carbocycles. The number of hydrogen-bond acceptors (Lipinski definition) is 3. The molecule has 2 rings (SSSR count). The maximum absolute atomic E-state index is 12.2. The Labute approximate surface area is 115 Å². The maximum Gasteiger partial charge on any atom is 0.326 e. The fourth-order valence-corrected chi connectivity index (χ4v) is 2.15. The van der Waals surface area contributed by atoms with E-state index in [9.17, 15) is 9.59 Å². The second-order valence-electron chi connectivity index (χ2n) is 4.55. The number of carbonyl (C=O) groups is 2. The molecule has 20 heavy (non-hydrogen) atoms. The molecule has 6 nitrogen and oxygen atoms in total. The smallest absolute Gasteiger partial charge is 0.326 e. The van der Waals surface area contributed by atoms with Crippen LogP contribution in [0.15, 0.2) is 30.5 Å². The lowest BCUT2D eigenvalue weighted by Crippen LogP contribution is -2.41. The summed E-state index contributed by atoms with van der Waals surface area (Å²) in [6.07, 6.45) is 1.64. The molecular formula is C14H16N2O4. The van der Waals surface area contributed by atoms with E-state index in [1.807, 2.05) is 35.9 Å². The predicted octanol–water partition coefficient (Wildman–Crippen LogP) is 0.744. The van der Waals surface area contributed by atoms with Crippen LogP contribution in [0, 0.1) is 0 Å². The number of aliphatic hydroxyl groups is 1. The highest BCUT2D eigenvalue weighted by Gasteiger charge is 2.22. The monoisotopic (exact) mass is 276 g/mol. The lowest BCUT2D eigenvalue weighted by molar-refractivity contribution is -0.139. The molecule has 1 amide bonds. The molecule has 0 radical (unpaired) electrons. The number of carboxylic acid groups (broad SMARTS) is 1. The molecule has 106 valence electrons. The number of benzene rings is 1. The van der Waals surface area contributed by atoms with E-state index in [2.05, 4.69) is 5.32 Å². The molecule has 0 fully saturated rings. The van der Waals surface area contributed by atoms with Gasteiger partial charge in [-0.2, -0.15) is 0 Å². The molecule has 0 aliphatic carbocycles. The van der Waals surface area contributed by atoms with Crippen LogP contribution in [-0.4, -0.2) is 39.3 Å². The number of nitrogens with zero attached hydrogens (tertiary/aromatic N) is 1. The quantitative estimate of drug-likeness (QED) is 0.751. The number of aliphatic carboxylic acids is 1. The average molecular weight is 276 g/mol. The average Bonchev–Trinajstić information content (AvgIpc) is 2.76. The summed E-state index contributed by atoms with van der Waals surface area (Å²) < 4.78 is 1.81. The van der Waals surface area contributed by atoms with E-state index in [0.717, 1.165) is 10.9 Å². The normalized spacial score (nSPS) is 12.3. The van der Waals surface area contributed by atoms with E-state index in [-0.39, 0.29) is 13.0 Å². The molecule has 0 aliphatic rings. The third-order valence-electron chi connectivity index (χ3n) is 3.16. The first-order valence-electron chi connectivity index (χ1n) is 6.23. The summed E-state index contributed by atoms with van der Waals surface area (Å²) in [6.45, 7) is -0.299. The lowest BCUT2D eigenvalue weighted by atomic mass is 10.1. The summed E-state index contributed by atoms with van der Waals surface area (Å²) in [4.78, 5) is 23.2. The van der Waals surface area contributed by atoms with Crippen LogP contribution < -0.4 is 5.32 Å². The van der Waals surface area contributed by atoms with Gasteiger partial charge in [0.2, 0.25) is 0 Å². The number of aromatic nitrogens is 1. The SMILES string of the molecule is Cn1cc(C(=O)N[C@@H](CCO)C(=O)O)c2ccccc21. The molecule has 1 heterocycles. The number of nitrogens with one attached hydrogen (secondary N) is 1. The fraction of sp³-hybridized carbons (Fsp3) is 0.286. The Morgan fingerprint density at radius 3 is 2.70 bits per heavy atom. The van der Waals surface area contributed by atoms with Crippen molar-refractivity contribution in [3.8, 4) is 0 Å². The van der Waals surface area contributed by atoms with Crippen molar-refractivity contribution in [2.24, 2.45) is 7.05 Å². The first-order chi connectivity index (χ1) is 9.54. The van der Waals surface area contributed by atoms with E-state index in [4.69, 9.17) is 10.2 Å². The van der Waals surface area contributed by atoms with Crippen molar-refractivity contribution in [1.82, 2.24) is 9.88 Å². The first-order valence-corrected chi connectivity index (χ1v) is 6.23. The van der Waals surface area contributed by atoms with Gasteiger partial charge in [-0.15, -0.1) is 0 Å². The standard InChI is InChI=1S/C14H16N2O4/c1-16-8-10(9-4-2-3-5-12(9)16)13(18)15-11(6-7-17)14(19)20/h2-5,8,11,17H,6-7H2,1H3,(H,15,18)(H,19,20)/t11-/m0/s1. The molecular weight excluding hydrogens is 260 g/mol. The number of amides is 1. The van der Waals surface area contributed by atoms with Crippen LogP contribution in [0.5, 0.6) is 0 Å². The molecule has 2 aromatic rings. The number of hydrogen-bond donors (Lipinski definition) is 3. The lowest BCUT2D eigenvalue weighted by Gasteiger charge is -2.12. The summed E-state index contributed by atoms with van der Waals surface area (Å²) in [5.74, 6) is -1.62. The van der Waals surface area contributed by atoms with Gasteiger partial charge in [0, 0.05) is 37.2 Å². The summed E-state index contributed by atoms with van der Waals surface area (Å²) in [7, 11) is 1.82. The molecule has 6 heteroatoms. The Kier molecular flexibility index (Phi) is 4.05. The molecule has 0 spiro atoms. The largest absolute Gasteiger partial charge is 0.480 e. The van der Waals surface area contributed by atoms with Crippen LogP contribution in [-0.2, 0) is 11.8 Å². The molecule has 0 bridgehead atoms. The third-order valence-corrected chi connectivity index (χ3v) is 3.16. The van der Waals surface area contributed by atoms with E-state index in [0.29, 0.717) is 5.56 Å². The molecule has 0 saturated carbocycles. The third kappa shape index (κ3) is 2.65. The van der Waals surface area contributed by atoms with Gasteiger partial charge in [-0.25, -0.2) is 4.79 Å². The van der Waals surface area contributed by atoms with Crippen LogP contribution in [0.3, 0.4) is 0 Å². The zero-order chi connectivity index (χ0) is 14.7. The number of para-hydroxylation sites is 1. The first kappa shape index (κ1) is 14.1. The highest BCUT2D eigenvalue weighted by atomic mass is 16.4. The maximum atomic E-state index is 12.2. The minimum Gasteiger partial charge on any atom is -0.480 e. The van der Waals surface area contributed by atoms with Crippen molar-refractivity contribution in [2.45, 2.75) is 12.5 Å². The van der Waals surface area contributed by atoms with Crippen molar-refractivity contribution < 1.29 is 19.8 Å². The van der Waals surface area contributed by atoms with Gasteiger partial charge in [-0.3, -0.25) is 4.79 Å². The van der Waals surface area contributed by atoms with E-state index in [1.165, 1.54) is 0 Å². The molecule has 1 atom stereocenters. The minimum absolute atomic E-state index is 0.0220. The summed E-state index contributed by atoms with van der Waals surface area (Å²) in [6, 6.07) is 6.30. The van der Waals surface area contributed by atoms with Gasteiger partial charge >= 0.3 is 5.97 Å². The Balaban J connectivity index is 2.29. The van der Waals surface area contributed by atoms with Crippen LogP contribution >= 0.6 is 0 Å². The highest BCUT2D eigenvalue weighted by Crippen LogP contribution is 2.20. The number of aryl methyl sites for hydroxylation is 1. The number of carbonyl (C=O) groups excluding carboxylic acids is 1. The second-order valence-corrected chi connectivity index (χ2v) is 4.55. The van der Waals surface area contributed by atoms with Gasteiger partial charge in [0.05, 0.1) is 5.56 Å². The van der Waals surface area contributed by atoms with E-state index in [1.54, 1.807) is 6.20 Å². The Morgan fingerprint density at radius 2 is 2.05 bits per heavy atom. The summed E-state index contributed by atoms with van der Waals surface area (Å²) in [5, 5.41) is 21.0. The number of carboxylic acids is 1. The zero-order valence-corrected chi connectivity index (χ0v) is 11.0. The van der Waals surface area contributed by atoms with Gasteiger partial charge in [0.15, 0.2) is 0 Å². The number of fused-ring (bicyclic) bond motifs is 1. The minimum atomic E-state index is -1.16. The Morgan fingerprint density at radius 1 is 1.35 bits per heavy atom. The van der Waals surface area contributed by atoms with Crippen LogP contribution in [0.4, 0.5) is 0 Å². The van der Waals surface area contributed by atoms with Crippen molar-refractivity contribution in [2.75, 3.05) is 6.61 Å². The van der Waals surface area contributed by atoms with E-state index < -0.39 is 17.9 Å². The van der Waals surface area contributed by atoms with Gasteiger partial charge in [-0.1, -0.05) is 18.2 Å². The zero-order valence-electron chi connectivity index (χ0n) is 11.0. The van der Waals surface area contributed by atoms with Crippen LogP contribution in [0.25, 0.3) is 10.9 Å². The second kappa shape index (κ2) is 5.75. The Hall–Kier alpha value is -2.34. The van der Waals surface area contributed by atoms with E-state index >= 15 is 0 Å².